The van der Waals surface area contributed by atoms with Gasteiger partial charge >= 0.3 is 6.18 Å². The Balaban J connectivity index is 3.32. The second-order valence-electron chi connectivity index (χ2n) is 5.41. The third-order valence-electron chi connectivity index (χ3n) is 3.40. The number of aliphatic hydroxyl groups is 1. The second kappa shape index (κ2) is 6.01. The summed E-state index contributed by atoms with van der Waals surface area (Å²) >= 11 is 0. The van der Waals surface area contributed by atoms with Gasteiger partial charge in [0.2, 0.25) is 0 Å². The van der Waals surface area contributed by atoms with Crippen LogP contribution in [0.25, 0.3) is 0 Å². The minimum atomic E-state index is -4.43. The van der Waals surface area contributed by atoms with Crippen LogP contribution in [0.1, 0.15) is 25.0 Å². The summed E-state index contributed by atoms with van der Waals surface area (Å²) < 4.78 is 39.6. The fourth-order valence-corrected chi connectivity index (χ4v) is 1.85. The molecule has 0 aliphatic heterocycles. The minimum Gasteiger partial charge on any atom is -0.394 e. The Hall–Kier alpha value is -1.27. The molecule has 0 aliphatic carbocycles. The Bertz CT molecular complexity index is 458. The molecule has 0 spiro atoms. The predicted molar refractivity (Wildman–Crippen MR) is 73.8 cm³/mol. The molecule has 0 unspecified atom stereocenters. The van der Waals surface area contributed by atoms with Crippen LogP contribution in [0.2, 0.25) is 0 Å². The Morgan fingerprint density at radius 1 is 1.25 bits per heavy atom. The van der Waals surface area contributed by atoms with Gasteiger partial charge in [-0.3, -0.25) is 0 Å². The largest absolute Gasteiger partial charge is 0.418 e. The van der Waals surface area contributed by atoms with Crippen molar-refractivity contribution >= 4 is 5.69 Å². The zero-order valence-electron chi connectivity index (χ0n) is 12.2. The number of rotatable bonds is 5. The quantitative estimate of drug-likeness (QED) is 0.875. The number of hydrogen-bond donors (Lipinski definition) is 2. The monoisotopic (exact) mass is 290 g/mol. The Morgan fingerprint density at radius 2 is 1.85 bits per heavy atom. The molecular formula is C14H21F3N2O. The highest BCUT2D eigenvalue weighted by Gasteiger charge is 2.37. The average Bonchev–Trinajstić information content (AvgIpc) is 2.37. The molecule has 0 radical (unpaired) electrons. The Morgan fingerprint density at radius 3 is 2.30 bits per heavy atom. The lowest BCUT2D eigenvalue weighted by atomic mass is 10.0. The van der Waals surface area contributed by atoms with Crippen molar-refractivity contribution in [1.82, 2.24) is 5.32 Å². The van der Waals surface area contributed by atoms with E-state index in [9.17, 15) is 18.3 Å². The van der Waals surface area contributed by atoms with Crippen molar-refractivity contribution < 1.29 is 18.3 Å². The summed E-state index contributed by atoms with van der Waals surface area (Å²) in [6.07, 6.45) is -4.43. The van der Waals surface area contributed by atoms with Crippen molar-refractivity contribution in [3.8, 4) is 0 Å². The van der Waals surface area contributed by atoms with E-state index in [1.807, 2.05) is 0 Å². The van der Waals surface area contributed by atoms with Crippen molar-refractivity contribution in [2.75, 3.05) is 25.6 Å². The number of halogens is 3. The molecule has 0 saturated heterocycles. The maximum Gasteiger partial charge on any atom is 0.418 e. The maximum absolute atomic E-state index is 13.2. The van der Waals surface area contributed by atoms with Crippen molar-refractivity contribution in [1.29, 1.82) is 0 Å². The van der Waals surface area contributed by atoms with Gasteiger partial charge in [0.25, 0.3) is 0 Å². The molecule has 20 heavy (non-hydrogen) atoms. The average molecular weight is 290 g/mol. The van der Waals surface area contributed by atoms with E-state index < -0.39 is 17.3 Å². The third-order valence-corrected chi connectivity index (χ3v) is 3.40. The number of hydrogen-bond acceptors (Lipinski definition) is 3. The summed E-state index contributed by atoms with van der Waals surface area (Å²) in [4.78, 5) is 1.46. The van der Waals surface area contributed by atoms with Crippen LogP contribution in [0.3, 0.4) is 0 Å². The lowest BCUT2D eigenvalue weighted by Crippen LogP contribution is -2.45. The zero-order valence-corrected chi connectivity index (χ0v) is 12.2. The summed E-state index contributed by atoms with van der Waals surface area (Å²) in [6, 6.07) is 4.26. The molecule has 1 rings (SSSR count). The first-order chi connectivity index (χ1) is 9.13. The molecule has 0 saturated carbocycles. The van der Waals surface area contributed by atoms with Gasteiger partial charge in [-0.25, -0.2) is 0 Å². The summed E-state index contributed by atoms with van der Waals surface area (Å²) in [7, 11) is 3.24. The highest BCUT2D eigenvalue weighted by molar-refractivity contribution is 5.57. The molecule has 2 N–H and O–H groups in total. The van der Waals surface area contributed by atoms with Crippen LogP contribution >= 0.6 is 0 Å². The van der Waals surface area contributed by atoms with Gasteiger partial charge in [-0.1, -0.05) is 6.07 Å². The molecule has 0 fully saturated rings. The van der Waals surface area contributed by atoms with Crippen molar-refractivity contribution in [3.05, 3.63) is 29.3 Å². The Labute approximate surface area is 117 Å². The molecule has 1 aromatic rings. The number of nitrogens with one attached hydrogen (secondary N) is 1. The number of likely N-dealkylation sites (N-methyl/N-ethyl adjacent to an activating group) is 1. The van der Waals surface area contributed by atoms with Gasteiger partial charge < -0.3 is 15.3 Å². The lowest BCUT2D eigenvalue weighted by Gasteiger charge is -2.37. The van der Waals surface area contributed by atoms with Crippen LogP contribution in [-0.2, 0) is 12.7 Å². The van der Waals surface area contributed by atoms with E-state index in [2.05, 4.69) is 5.32 Å². The SMILES string of the molecule is CNCc1ccc(N(C)C(C)(C)CO)c(C(F)(F)F)c1. The van der Waals surface area contributed by atoms with Crippen molar-refractivity contribution in [2.45, 2.75) is 32.1 Å². The predicted octanol–water partition coefficient (Wildman–Crippen LogP) is 2.63. The van der Waals surface area contributed by atoms with Crippen LogP contribution in [0.5, 0.6) is 0 Å². The summed E-state index contributed by atoms with van der Waals surface area (Å²) in [5.74, 6) is 0. The number of anilines is 1. The molecule has 0 amide bonds. The van der Waals surface area contributed by atoms with E-state index in [1.54, 1.807) is 34.0 Å². The molecule has 0 atom stereocenters. The van der Waals surface area contributed by atoms with Gasteiger partial charge in [0.05, 0.1) is 17.7 Å². The lowest BCUT2D eigenvalue weighted by molar-refractivity contribution is -0.137. The summed E-state index contributed by atoms with van der Waals surface area (Å²) in [5, 5.41) is 12.2. The van der Waals surface area contributed by atoms with E-state index in [0.717, 1.165) is 6.07 Å². The second-order valence-corrected chi connectivity index (χ2v) is 5.41. The molecule has 6 heteroatoms. The molecule has 0 aromatic heterocycles. The van der Waals surface area contributed by atoms with Crippen LogP contribution in [0.15, 0.2) is 18.2 Å². The van der Waals surface area contributed by atoms with Gasteiger partial charge in [-0.2, -0.15) is 13.2 Å². The topological polar surface area (TPSA) is 35.5 Å². The number of nitrogens with zero attached hydrogens (tertiary/aromatic N) is 1. The highest BCUT2D eigenvalue weighted by atomic mass is 19.4. The zero-order chi connectivity index (χ0) is 15.6. The smallest absolute Gasteiger partial charge is 0.394 e. The highest BCUT2D eigenvalue weighted by Crippen LogP contribution is 2.38. The fraction of sp³-hybridized carbons (Fsp3) is 0.571. The number of benzene rings is 1. The molecule has 1 aromatic carbocycles. The van der Waals surface area contributed by atoms with Crippen molar-refractivity contribution in [2.24, 2.45) is 0 Å². The van der Waals surface area contributed by atoms with E-state index >= 15 is 0 Å². The van der Waals surface area contributed by atoms with Gasteiger partial charge in [0, 0.05) is 19.3 Å². The van der Waals surface area contributed by atoms with Crippen LogP contribution in [0, 0.1) is 0 Å². The van der Waals surface area contributed by atoms with E-state index in [0.29, 0.717) is 12.1 Å². The molecular weight excluding hydrogens is 269 g/mol. The van der Waals surface area contributed by atoms with Gasteiger partial charge in [-0.15, -0.1) is 0 Å². The first-order valence-electron chi connectivity index (χ1n) is 6.33. The number of alkyl halides is 3. The minimum absolute atomic E-state index is 0.0661. The van der Waals surface area contributed by atoms with Gasteiger partial charge in [0.15, 0.2) is 0 Å². The summed E-state index contributed by atoms with van der Waals surface area (Å²) in [5.41, 5.74) is -0.825. The Kier molecular flexibility index (Phi) is 5.05. The van der Waals surface area contributed by atoms with E-state index in [4.69, 9.17) is 0 Å². The van der Waals surface area contributed by atoms with Crippen LogP contribution in [0.4, 0.5) is 18.9 Å². The molecule has 0 bridgehead atoms. The normalized spacial score (nSPS) is 12.6. The molecule has 114 valence electrons. The third kappa shape index (κ3) is 3.64. The van der Waals surface area contributed by atoms with Crippen LogP contribution < -0.4 is 10.2 Å². The first kappa shape index (κ1) is 16.8. The van der Waals surface area contributed by atoms with Crippen LogP contribution in [-0.4, -0.2) is 31.3 Å². The molecule has 0 aliphatic rings. The standard InChI is InChI=1S/C14H21F3N2O/c1-13(2,9-20)19(4)12-6-5-10(8-18-3)7-11(12)14(15,16)17/h5-7,18,20H,8-9H2,1-4H3. The van der Waals surface area contributed by atoms with Crippen molar-refractivity contribution in [3.63, 3.8) is 0 Å². The summed E-state index contributed by atoms with van der Waals surface area (Å²) in [6.45, 7) is 3.51. The van der Waals surface area contributed by atoms with Gasteiger partial charge in [0.1, 0.15) is 0 Å². The number of aliphatic hydroxyl groups excluding tert-OH is 1. The van der Waals surface area contributed by atoms with Gasteiger partial charge in [-0.05, 0) is 38.6 Å². The molecule has 3 nitrogen and oxygen atoms in total. The fourth-order valence-electron chi connectivity index (χ4n) is 1.85. The maximum atomic E-state index is 13.2. The van der Waals surface area contributed by atoms with E-state index in [-0.39, 0.29) is 12.3 Å². The van der Waals surface area contributed by atoms with E-state index in [1.165, 1.54) is 11.0 Å². The molecule has 0 heterocycles. The first-order valence-corrected chi connectivity index (χ1v) is 6.33.